The van der Waals surface area contributed by atoms with Crippen molar-refractivity contribution in [2.24, 2.45) is 0 Å². The van der Waals surface area contributed by atoms with Gasteiger partial charge in [0.05, 0.1) is 4.90 Å². The average Bonchev–Trinajstić information content (AvgIpc) is 2.17. The van der Waals surface area contributed by atoms with Crippen LogP contribution in [-0.2, 0) is 21.1 Å². The van der Waals surface area contributed by atoms with Gasteiger partial charge in [0, 0.05) is 25.4 Å². The highest BCUT2D eigenvalue weighted by Crippen LogP contribution is 2.20. The van der Waals surface area contributed by atoms with Gasteiger partial charge in [-0.25, -0.2) is 8.42 Å². The van der Waals surface area contributed by atoms with Crippen LogP contribution in [0.4, 0.5) is 5.69 Å². The molecule has 0 aliphatic carbocycles. The molecule has 82 valence electrons. The van der Waals surface area contributed by atoms with Gasteiger partial charge in [0.15, 0.2) is 9.84 Å². The molecule has 1 N–H and O–H groups in total. The standard InChI is InChI=1S/C10H13NO3S/c1-11-10-4-3-9(15(2,13)14)7-8(10)5-6-12/h3-4,6-7,11H,5H2,1-2H3. The van der Waals surface area contributed by atoms with E-state index < -0.39 is 9.84 Å². The van der Waals surface area contributed by atoms with Crippen molar-refractivity contribution in [3.63, 3.8) is 0 Å². The molecule has 15 heavy (non-hydrogen) atoms. The summed E-state index contributed by atoms with van der Waals surface area (Å²) >= 11 is 0. The Kier molecular flexibility index (Phi) is 3.47. The lowest BCUT2D eigenvalue weighted by atomic mass is 10.1. The van der Waals surface area contributed by atoms with Crippen molar-refractivity contribution in [1.82, 2.24) is 0 Å². The van der Waals surface area contributed by atoms with E-state index in [-0.39, 0.29) is 11.3 Å². The molecule has 0 unspecified atom stereocenters. The van der Waals surface area contributed by atoms with Gasteiger partial charge in [-0.1, -0.05) is 0 Å². The minimum Gasteiger partial charge on any atom is -0.388 e. The normalized spacial score (nSPS) is 11.1. The molecule has 1 aromatic rings. The van der Waals surface area contributed by atoms with E-state index in [1.54, 1.807) is 13.1 Å². The number of rotatable bonds is 4. The molecule has 0 aliphatic heterocycles. The molecule has 0 bridgehead atoms. The molecule has 0 saturated heterocycles. The summed E-state index contributed by atoms with van der Waals surface area (Å²) in [5.74, 6) is 0. The van der Waals surface area contributed by atoms with Gasteiger partial charge in [-0.05, 0) is 23.8 Å². The topological polar surface area (TPSA) is 63.2 Å². The molecule has 0 aliphatic rings. The van der Waals surface area contributed by atoms with Crippen molar-refractivity contribution >= 4 is 21.8 Å². The van der Waals surface area contributed by atoms with E-state index in [9.17, 15) is 13.2 Å². The van der Waals surface area contributed by atoms with Gasteiger partial charge in [-0.2, -0.15) is 0 Å². The minimum absolute atomic E-state index is 0.208. The van der Waals surface area contributed by atoms with Gasteiger partial charge in [0.2, 0.25) is 0 Å². The molecule has 0 amide bonds. The number of hydrogen-bond donors (Lipinski definition) is 1. The fourth-order valence-corrected chi connectivity index (χ4v) is 1.97. The lowest BCUT2D eigenvalue weighted by Crippen LogP contribution is -2.02. The Morgan fingerprint density at radius 2 is 2.07 bits per heavy atom. The maximum Gasteiger partial charge on any atom is 0.175 e. The first-order chi connectivity index (χ1) is 6.99. The van der Waals surface area contributed by atoms with E-state index in [2.05, 4.69) is 5.32 Å². The van der Waals surface area contributed by atoms with Crippen LogP contribution in [0.3, 0.4) is 0 Å². The zero-order valence-corrected chi connectivity index (χ0v) is 9.47. The Morgan fingerprint density at radius 1 is 1.40 bits per heavy atom. The van der Waals surface area contributed by atoms with Gasteiger partial charge < -0.3 is 10.1 Å². The molecular weight excluding hydrogens is 214 g/mol. The van der Waals surface area contributed by atoms with Crippen LogP contribution in [0.15, 0.2) is 23.1 Å². The van der Waals surface area contributed by atoms with Crippen molar-refractivity contribution in [2.45, 2.75) is 11.3 Å². The third-order valence-electron chi connectivity index (χ3n) is 2.08. The molecule has 1 aromatic carbocycles. The summed E-state index contributed by atoms with van der Waals surface area (Å²) in [6.07, 6.45) is 2.10. The smallest absolute Gasteiger partial charge is 0.175 e. The van der Waals surface area contributed by atoms with Crippen LogP contribution in [0.1, 0.15) is 5.56 Å². The second-order valence-corrected chi connectivity index (χ2v) is 5.23. The van der Waals surface area contributed by atoms with Gasteiger partial charge in [0.25, 0.3) is 0 Å². The Balaban J connectivity index is 3.27. The van der Waals surface area contributed by atoms with Crippen LogP contribution in [-0.4, -0.2) is 28.0 Å². The van der Waals surface area contributed by atoms with Crippen molar-refractivity contribution in [2.75, 3.05) is 18.6 Å². The molecule has 0 spiro atoms. The van der Waals surface area contributed by atoms with Crippen molar-refractivity contribution in [3.05, 3.63) is 23.8 Å². The second-order valence-electron chi connectivity index (χ2n) is 3.21. The average molecular weight is 227 g/mol. The van der Waals surface area contributed by atoms with Crippen LogP contribution < -0.4 is 5.32 Å². The molecule has 4 nitrogen and oxygen atoms in total. The lowest BCUT2D eigenvalue weighted by Gasteiger charge is -2.08. The fourth-order valence-electron chi connectivity index (χ4n) is 1.30. The fraction of sp³-hybridized carbons (Fsp3) is 0.300. The molecule has 5 heteroatoms. The number of carbonyl (C=O) groups excluding carboxylic acids is 1. The largest absolute Gasteiger partial charge is 0.388 e. The maximum atomic E-state index is 11.3. The quantitative estimate of drug-likeness (QED) is 0.775. The van der Waals surface area contributed by atoms with Crippen molar-refractivity contribution < 1.29 is 13.2 Å². The molecule has 0 saturated carbocycles. The lowest BCUT2D eigenvalue weighted by molar-refractivity contribution is -0.107. The number of carbonyl (C=O) groups is 1. The number of aldehydes is 1. The third kappa shape index (κ3) is 2.79. The van der Waals surface area contributed by atoms with E-state index in [1.807, 2.05) is 0 Å². The van der Waals surface area contributed by atoms with E-state index in [1.165, 1.54) is 12.1 Å². The van der Waals surface area contributed by atoms with E-state index >= 15 is 0 Å². The number of anilines is 1. The second kappa shape index (κ2) is 4.44. The van der Waals surface area contributed by atoms with Crippen LogP contribution in [0.2, 0.25) is 0 Å². The summed E-state index contributed by atoms with van der Waals surface area (Å²) in [6.45, 7) is 0. The van der Waals surface area contributed by atoms with Crippen molar-refractivity contribution in [1.29, 1.82) is 0 Å². The summed E-state index contributed by atoms with van der Waals surface area (Å²) in [7, 11) is -1.49. The Hall–Kier alpha value is -1.36. The Labute approximate surface area is 89.2 Å². The van der Waals surface area contributed by atoms with Crippen LogP contribution in [0, 0.1) is 0 Å². The summed E-state index contributed by atoms with van der Waals surface area (Å²) in [4.78, 5) is 10.7. The first kappa shape index (κ1) is 11.7. The monoisotopic (exact) mass is 227 g/mol. The van der Waals surface area contributed by atoms with E-state index in [4.69, 9.17) is 0 Å². The molecule has 1 rings (SSSR count). The van der Waals surface area contributed by atoms with Crippen molar-refractivity contribution in [3.8, 4) is 0 Å². The zero-order chi connectivity index (χ0) is 11.5. The molecule has 0 aromatic heterocycles. The SMILES string of the molecule is CNc1ccc(S(C)(=O)=O)cc1CC=O. The van der Waals surface area contributed by atoms with Crippen LogP contribution in [0.25, 0.3) is 0 Å². The van der Waals surface area contributed by atoms with Gasteiger partial charge in [-0.15, -0.1) is 0 Å². The first-order valence-corrected chi connectivity index (χ1v) is 6.32. The first-order valence-electron chi connectivity index (χ1n) is 4.43. The van der Waals surface area contributed by atoms with E-state index in [0.29, 0.717) is 5.56 Å². The molecule has 0 atom stereocenters. The highest BCUT2D eigenvalue weighted by molar-refractivity contribution is 7.90. The molecule has 0 radical (unpaired) electrons. The highest BCUT2D eigenvalue weighted by atomic mass is 32.2. The number of hydrogen-bond acceptors (Lipinski definition) is 4. The Bertz CT molecular complexity index is 466. The summed E-state index contributed by atoms with van der Waals surface area (Å²) in [5, 5.41) is 2.91. The van der Waals surface area contributed by atoms with Crippen LogP contribution >= 0.6 is 0 Å². The molecule has 0 heterocycles. The molecule has 0 fully saturated rings. The van der Waals surface area contributed by atoms with Gasteiger partial charge in [-0.3, -0.25) is 0 Å². The van der Waals surface area contributed by atoms with Gasteiger partial charge >= 0.3 is 0 Å². The summed E-state index contributed by atoms with van der Waals surface area (Å²) in [6, 6.07) is 4.71. The maximum absolute atomic E-state index is 11.3. The number of sulfone groups is 1. The number of benzene rings is 1. The third-order valence-corrected chi connectivity index (χ3v) is 3.19. The number of nitrogens with one attached hydrogen (secondary N) is 1. The van der Waals surface area contributed by atoms with E-state index in [0.717, 1.165) is 18.2 Å². The van der Waals surface area contributed by atoms with Crippen LogP contribution in [0.5, 0.6) is 0 Å². The Morgan fingerprint density at radius 3 is 2.53 bits per heavy atom. The summed E-state index contributed by atoms with van der Waals surface area (Å²) in [5.41, 5.74) is 1.46. The highest BCUT2D eigenvalue weighted by Gasteiger charge is 2.09. The summed E-state index contributed by atoms with van der Waals surface area (Å²) < 4.78 is 22.6. The van der Waals surface area contributed by atoms with Gasteiger partial charge in [0.1, 0.15) is 6.29 Å². The predicted molar refractivity (Wildman–Crippen MR) is 58.9 cm³/mol. The molecular formula is C10H13NO3S. The predicted octanol–water partition coefficient (Wildman–Crippen LogP) is 0.873. The zero-order valence-electron chi connectivity index (χ0n) is 8.65. The minimum atomic E-state index is -3.21.